The Morgan fingerprint density at radius 2 is 1.78 bits per heavy atom. The number of aryl methyl sites for hydroxylation is 1. The summed E-state index contributed by atoms with van der Waals surface area (Å²) in [7, 11) is 0. The molecule has 1 heterocycles. The van der Waals surface area contributed by atoms with Gasteiger partial charge in [0, 0.05) is 32.6 Å². The molecule has 1 saturated heterocycles. The van der Waals surface area contributed by atoms with Crippen LogP contribution in [0.4, 0.5) is 0 Å². The fourth-order valence-corrected chi connectivity index (χ4v) is 2.37. The molecule has 0 aromatic heterocycles. The van der Waals surface area contributed by atoms with Gasteiger partial charge in [-0.15, -0.1) is 0 Å². The van der Waals surface area contributed by atoms with E-state index in [-0.39, 0.29) is 0 Å². The lowest BCUT2D eigenvalue weighted by Crippen LogP contribution is -2.48. The summed E-state index contributed by atoms with van der Waals surface area (Å²) >= 11 is 0. The lowest BCUT2D eigenvalue weighted by Gasteiger charge is -2.34. The molecule has 0 saturated carbocycles. The second-order valence-electron chi connectivity index (χ2n) is 4.80. The molecular formula is C15H22N2O. The monoisotopic (exact) mass is 246 g/mol. The van der Waals surface area contributed by atoms with E-state index in [1.165, 1.54) is 5.56 Å². The standard InChI is InChI=1S/C15H22N2O/c1-2-16-10-12-17(13-11-16)15(18)9-8-14-6-4-3-5-7-14/h3-7H,2,8-13H2,1H3. The molecule has 0 spiro atoms. The summed E-state index contributed by atoms with van der Waals surface area (Å²) in [5, 5.41) is 0. The van der Waals surface area contributed by atoms with E-state index in [9.17, 15) is 4.79 Å². The highest BCUT2D eigenvalue weighted by Crippen LogP contribution is 2.07. The van der Waals surface area contributed by atoms with Gasteiger partial charge in [0.25, 0.3) is 0 Å². The summed E-state index contributed by atoms with van der Waals surface area (Å²) in [4.78, 5) is 16.5. The van der Waals surface area contributed by atoms with Crippen molar-refractivity contribution in [3.05, 3.63) is 35.9 Å². The zero-order valence-corrected chi connectivity index (χ0v) is 11.1. The molecule has 0 unspecified atom stereocenters. The van der Waals surface area contributed by atoms with Gasteiger partial charge in [-0.3, -0.25) is 4.79 Å². The molecule has 1 amide bonds. The van der Waals surface area contributed by atoms with Crippen molar-refractivity contribution in [2.24, 2.45) is 0 Å². The number of nitrogens with zero attached hydrogens (tertiary/aromatic N) is 2. The van der Waals surface area contributed by atoms with Crippen molar-refractivity contribution in [1.82, 2.24) is 9.80 Å². The van der Waals surface area contributed by atoms with Crippen molar-refractivity contribution in [1.29, 1.82) is 0 Å². The van der Waals surface area contributed by atoms with Gasteiger partial charge in [-0.2, -0.15) is 0 Å². The molecule has 18 heavy (non-hydrogen) atoms. The van der Waals surface area contributed by atoms with Crippen LogP contribution < -0.4 is 0 Å². The van der Waals surface area contributed by atoms with E-state index in [0.717, 1.165) is 39.1 Å². The number of hydrogen-bond donors (Lipinski definition) is 0. The highest BCUT2D eigenvalue weighted by atomic mass is 16.2. The van der Waals surface area contributed by atoms with Crippen LogP contribution in [0.5, 0.6) is 0 Å². The Balaban J connectivity index is 1.75. The maximum absolute atomic E-state index is 12.1. The molecule has 0 N–H and O–H groups in total. The average molecular weight is 246 g/mol. The second kappa shape index (κ2) is 6.55. The van der Waals surface area contributed by atoms with Crippen molar-refractivity contribution >= 4 is 5.91 Å². The van der Waals surface area contributed by atoms with E-state index in [0.29, 0.717) is 12.3 Å². The third-order valence-electron chi connectivity index (χ3n) is 3.64. The van der Waals surface area contributed by atoms with Gasteiger partial charge >= 0.3 is 0 Å². The molecule has 0 radical (unpaired) electrons. The fraction of sp³-hybridized carbons (Fsp3) is 0.533. The minimum absolute atomic E-state index is 0.301. The summed E-state index contributed by atoms with van der Waals surface area (Å²) in [6.07, 6.45) is 1.49. The summed E-state index contributed by atoms with van der Waals surface area (Å²) < 4.78 is 0. The van der Waals surface area contributed by atoms with E-state index in [4.69, 9.17) is 0 Å². The van der Waals surface area contributed by atoms with Crippen LogP contribution in [-0.4, -0.2) is 48.4 Å². The van der Waals surface area contributed by atoms with Crippen LogP contribution in [0.3, 0.4) is 0 Å². The molecule has 2 rings (SSSR count). The first kappa shape index (κ1) is 13.1. The summed E-state index contributed by atoms with van der Waals surface area (Å²) in [6, 6.07) is 10.2. The number of hydrogen-bond acceptors (Lipinski definition) is 2. The van der Waals surface area contributed by atoms with Crippen molar-refractivity contribution < 1.29 is 4.79 Å². The van der Waals surface area contributed by atoms with Gasteiger partial charge in [-0.25, -0.2) is 0 Å². The van der Waals surface area contributed by atoms with Gasteiger partial charge in [-0.1, -0.05) is 37.3 Å². The number of amides is 1. The number of likely N-dealkylation sites (N-methyl/N-ethyl adjacent to an activating group) is 1. The van der Waals surface area contributed by atoms with E-state index in [1.54, 1.807) is 0 Å². The Bertz CT molecular complexity index is 369. The molecule has 98 valence electrons. The molecule has 1 aromatic carbocycles. The van der Waals surface area contributed by atoms with Crippen LogP contribution in [-0.2, 0) is 11.2 Å². The normalized spacial score (nSPS) is 16.8. The van der Waals surface area contributed by atoms with Crippen molar-refractivity contribution in [2.75, 3.05) is 32.7 Å². The number of benzene rings is 1. The highest BCUT2D eigenvalue weighted by molar-refractivity contribution is 5.76. The van der Waals surface area contributed by atoms with Gasteiger partial charge in [-0.05, 0) is 18.5 Å². The topological polar surface area (TPSA) is 23.6 Å². The molecule has 1 aliphatic heterocycles. The van der Waals surface area contributed by atoms with Gasteiger partial charge in [0.05, 0.1) is 0 Å². The first-order chi connectivity index (χ1) is 8.79. The van der Waals surface area contributed by atoms with E-state index in [2.05, 4.69) is 24.0 Å². The minimum Gasteiger partial charge on any atom is -0.340 e. The molecule has 1 aromatic rings. The average Bonchev–Trinajstić information content (AvgIpc) is 2.46. The molecular weight excluding hydrogens is 224 g/mol. The highest BCUT2D eigenvalue weighted by Gasteiger charge is 2.19. The Labute approximate surface area is 109 Å². The summed E-state index contributed by atoms with van der Waals surface area (Å²) in [6.45, 7) is 7.09. The first-order valence-electron chi connectivity index (χ1n) is 6.83. The molecule has 0 aliphatic carbocycles. The van der Waals surface area contributed by atoms with Crippen LogP contribution in [0.15, 0.2) is 30.3 Å². The van der Waals surface area contributed by atoms with E-state index < -0.39 is 0 Å². The molecule has 0 atom stereocenters. The molecule has 3 heteroatoms. The lowest BCUT2D eigenvalue weighted by molar-refractivity contribution is -0.132. The van der Waals surface area contributed by atoms with E-state index in [1.807, 2.05) is 23.1 Å². The predicted octanol–water partition coefficient (Wildman–Crippen LogP) is 1.78. The van der Waals surface area contributed by atoms with Gasteiger partial charge in [0.1, 0.15) is 0 Å². The molecule has 3 nitrogen and oxygen atoms in total. The Morgan fingerprint density at radius 3 is 2.39 bits per heavy atom. The maximum atomic E-state index is 12.1. The van der Waals surface area contributed by atoms with Crippen LogP contribution >= 0.6 is 0 Å². The summed E-state index contributed by atoms with van der Waals surface area (Å²) in [5.41, 5.74) is 1.25. The zero-order chi connectivity index (χ0) is 12.8. The number of rotatable bonds is 4. The Kier molecular flexibility index (Phi) is 4.76. The summed E-state index contributed by atoms with van der Waals surface area (Å²) in [5.74, 6) is 0.301. The zero-order valence-electron chi connectivity index (χ0n) is 11.1. The number of piperazine rings is 1. The van der Waals surface area contributed by atoms with Crippen molar-refractivity contribution in [3.8, 4) is 0 Å². The molecule has 1 aliphatic rings. The molecule has 1 fully saturated rings. The maximum Gasteiger partial charge on any atom is 0.222 e. The quantitative estimate of drug-likeness (QED) is 0.808. The third-order valence-corrected chi connectivity index (χ3v) is 3.64. The predicted molar refractivity (Wildman–Crippen MR) is 73.5 cm³/mol. The smallest absolute Gasteiger partial charge is 0.222 e. The van der Waals surface area contributed by atoms with Crippen LogP contribution in [0, 0.1) is 0 Å². The second-order valence-corrected chi connectivity index (χ2v) is 4.80. The van der Waals surface area contributed by atoms with E-state index >= 15 is 0 Å². The first-order valence-corrected chi connectivity index (χ1v) is 6.83. The Morgan fingerprint density at radius 1 is 1.11 bits per heavy atom. The SMILES string of the molecule is CCN1CCN(C(=O)CCc2ccccc2)CC1. The molecule has 0 bridgehead atoms. The number of carbonyl (C=O) groups excluding carboxylic acids is 1. The Hall–Kier alpha value is -1.35. The fourth-order valence-electron chi connectivity index (χ4n) is 2.37. The van der Waals surface area contributed by atoms with Crippen LogP contribution in [0.1, 0.15) is 18.9 Å². The number of carbonyl (C=O) groups is 1. The minimum atomic E-state index is 0.301. The van der Waals surface area contributed by atoms with Crippen molar-refractivity contribution in [2.45, 2.75) is 19.8 Å². The lowest BCUT2D eigenvalue weighted by atomic mass is 10.1. The third kappa shape index (κ3) is 3.57. The van der Waals surface area contributed by atoms with Crippen LogP contribution in [0.2, 0.25) is 0 Å². The van der Waals surface area contributed by atoms with Gasteiger partial charge < -0.3 is 9.80 Å². The van der Waals surface area contributed by atoms with Gasteiger partial charge in [0.15, 0.2) is 0 Å². The van der Waals surface area contributed by atoms with Crippen molar-refractivity contribution in [3.63, 3.8) is 0 Å². The van der Waals surface area contributed by atoms with Crippen LogP contribution in [0.25, 0.3) is 0 Å². The van der Waals surface area contributed by atoms with Gasteiger partial charge in [0.2, 0.25) is 5.91 Å². The largest absolute Gasteiger partial charge is 0.340 e.